The topological polar surface area (TPSA) is 80.0 Å². The highest BCUT2D eigenvalue weighted by molar-refractivity contribution is 7.15. The highest BCUT2D eigenvalue weighted by Gasteiger charge is 2.25. The van der Waals surface area contributed by atoms with Crippen LogP contribution >= 0.6 is 11.3 Å². The van der Waals surface area contributed by atoms with Crippen LogP contribution in [0.2, 0.25) is 0 Å². The van der Waals surface area contributed by atoms with Crippen molar-refractivity contribution in [1.82, 2.24) is 19.9 Å². The maximum absolute atomic E-state index is 5.25. The van der Waals surface area contributed by atoms with Crippen molar-refractivity contribution in [2.75, 3.05) is 23.3 Å². The van der Waals surface area contributed by atoms with Gasteiger partial charge < -0.3 is 14.6 Å². The van der Waals surface area contributed by atoms with Gasteiger partial charge in [-0.15, -0.1) is 11.3 Å². The number of nitrogens with zero attached hydrogens (tertiary/aromatic N) is 5. The van der Waals surface area contributed by atoms with Gasteiger partial charge in [-0.25, -0.2) is 19.9 Å². The first-order valence-corrected chi connectivity index (χ1v) is 8.69. The molecule has 1 N–H and O–H groups in total. The lowest BCUT2D eigenvalue weighted by atomic mass is 10.3. The molecule has 0 bridgehead atoms. The summed E-state index contributed by atoms with van der Waals surface area (Å²) < 4.78 is 5.25. The second kappa shape index (κ2) is 6.20. The van der Waals surface area contributed by atoms with Crippen molar-refractivity contribution in [3.05, 3.63) is 35.4 Å². The Kier molecular flexibility index (Phi) is 3.89. The molecule has 1 atom stereocenters. The van der Waals surface area contributed by atoms with E-state index in [1.807, 2.05) is 26.1 Å². The predicted octanol–water partition coefficient (Wildman–Crippen LogP) is 2.90. The molecule has 0 aliphatic carbocycles. The fraction of sp³-hybridized carbons (Fsp3) is 0.375. The quantitative estimate of drug-likeness (QED) is 0.781. The van der Waals surface area contributed by atoms with Gasteiger partial charge in [-0.1, -0.05) is 0 Å². The zero-order chi connectivity index (χ0) is 16.5. The molecule has 4 heterocycles. The molecule has 24 heavy (non-hydrogen) atoms. The van der Waals surface area contributed by atoms with E-state index in [-0.39, 0.29) is 6.04 Å². The number of aromatic nitrogens is 4. The van der Waals surface area contributed by atoms with E-state index in [9.17, 15) is 0 Å². The molecule has 1 unspecified atom stereocenters. The van der Waals surface area contributed by atoms with Crippen LogP contribution in [-0.4, -0.2) is 39.1 Å². The van der Waals surface area contributed by atoms with Crippen molar-refractivity contribution in [2.45, 2.75) is 26.3 Å². The second-order valence-corrected chi connectivity index (χ2v) is 7.01. The minimum Gasteiger partial charge on any atom is -0.432 e. The molecule has 1 fully saturated rings. The Morgan fingerprint density at radius 3 is 2.92 bits per heavy atom. The van der Waals surface area contributed by atoms with Gasteiger partial charge in [-0.05, 0) is 26.3 Å². The number of hydrogen-bond acceptors (Lipinski definition) is 8. The van der Waals surface area contributed by atoms with Crippen molar-refractivity contribution in [1.29, 1.82) is 0 Å². The highest BCUT2D eigenvalue weighted by atomic mass is 32.1. The van der Waals surface area contributed by atoms with Crippen LogP contribution in [0.25, 0.3) is 10.6 Å². The van der Waals surface area contributed by atoms with Crippen molar-refractivity contribution >= 4 is 23.3 Å². The molecule has 3 aromatic heterocycles. The summed E-state index contributed by atoms with van der Waals surface area (Å²) >= 11 is 1.67. The third kappa shape index (κ3) is 2.96. The molecule has 0 saturated carbocycles. The largest absolute Gasteiger partial charge is 0.432 e. The van der Waals surface area contributed by atoms with Crippen molar-refractivity contribution in [3.8, 4) is 10.6 Å². The second-order valence-electron chi connectivity index (χ2n) is 5.80. The average molecular weight is 342 g/mol. The summed E-state index contributed by atoms with van der Waals surface area (Å²) in [6, 6.07) is 2.79. The Labute approximate surface area is 143 Å². The van der Waals surface area contributed by atoms with Crippen LogP contribution in [-0.2, 0) is 0 Å². The monoisotopic (exact) mass is 342 g/mol. The number of rotatable bonds is 4. The van der Waals surface area contributed by atoms with E-state index in [1.165, 1.54) is 0 Å². The van der Waals surface area contributed by atoms with Crippen LogP contribution in [0.1, 0.15) is 17.1 Å². The van der Waals surface area contributed by atoms with Crippen molar-refractivity contribution in [3.63, 3.8) is 0 Å². The standard InChI is InChI=1S/C16H18N6OS/c1-10-14(24-11(2)19-10)13-3-5-17-15(21-13)22-7-4-12(9-22)20-16-18-6-8-23-16/h3,5-6,8,12H,4,7,9H2,1-2H3,(H,18,20). The summed E-state index contributed by atoms with van der Waals surface area (Å²) in [5, 5.41) is 4.35. The first-order valence-electron chi connectivity index (χ1n) is 7.87. The number of aryl methyl sites for hydroxylation is 2. The predicted molar refractivity (Wildman–Crippen MR) is 93.4 cm³/mol. The van der Waals surface area contributed by atoms with Crippen LogP contribution in [0.3, 0.4) is 0 Å². The Morgan fingerprint density at radius 2 is 2.17 bits per heavy atom. The number of nitrogens with one attached hydrogen (secondary N) is 1. The van der Waals surface area contributed by atoms with E-state index in [2.05, 4.69) is 25.2 Å². The van der Waals surface area contributed by atoms with Gasteiger partial charge in [0.2, 0.25) is 5.95 Å². The summed E-state index contributed by atoms with van der Waals surface area (Å²) in [5.74, 6) is 0.759. The van der Waals surface area contributed by atoms with E-state index in [1.54, 1.807) is 23.8 Å². The molecule has 3 aromatic rings. The lowest BCUT2D eigenvalue weighted by Crippen LogP contribution is -2.27. The Hall–Kier alpha value is -2.48. The summed E-state index contributed by atoms with van der Waals surface area (Å²) in [4.78, 5) is 21.1. The van der Waals surface area contributed by atoms with Gasteiger partial charge >= 0.3 is 0 Å². The van der Waals surface area contributed by atoms with Crippen LogP contribution in [0.5, 0.6) is 0 Å². The lowest BCUT2D eigenvalue weighted by Gasteiger charge is -2.16. The number of anilines is 2. The fourth-order valence-corrected chi connectivity index (χ4v) is 3.81. The normalized spacial score (nSPS) is 17.4. The smallest absolute Gasteiger partial charge is 0.294 e. The minimum absolute atomic E-state index is 0.281. The van der Waals surface area contributed by atoms with Gasteiger partial charge in [0.05, 0.1) is 27.5 Å². The van der Waals surface area contributed by atoms with Crippen LogP contribution in [0.4, 0.5) is 12.0 Å². The third-order valence-electron chi connectivity index (χ3n) is 4.01. The molecular formula is C16H18N6OS. The van der Waals surface area contributed by atoms with Gasteiger partial charge in [0.1, 0.15) is 6.26 Å². The zero-order valence-corrected chi connectivity index (χ0v) is 14.4. The molecule has 1 aliphatic heterocycles. The summed E-state index contributed by atoms with van der Waals surface area (Å²) in [6.07, 6.45) is 6.03. The van der Waals surface area contributed by atoms with E-state index < -0.39 is 0 Å². The molecule has 124 valence electrons. The van der Waals surface area contributed by atoms with Crippen LogP contribution < -0.4 is 10.2 Å². The molecule has 0 amide bonds. The van der Waals surface area contributed by atoms with E-state index >= 15 is 0 Å². The Morgan fingerprint density at radius 1 is 1.25 bits per heavy atom. The number of thiazole rings is 1. The fourth-order valence-electron chi connectivity index (χ4n) is 2.93. The van der Waals surface area contributed by atoms with Gasteiger partial charge in [0.25, 0.3) is 6.01 Å². The van der Waals surface area contributed by atoms with E-state index in [4.69, 9.17) is 9.40 Å². The summed E-state index contributed by atoms with van der Waals surface area (Å²) in [6.45, 7) is 5.77. The maximum atomic E-state index is 5.25. The lowest BCUT2D eigenvalue weighted by molar-refractivity contribution is 0.561. The van der Waals surface area contributed by atoms with Gasteiger partial charge in [-0.2, -0.15) is 0 Å². The first kappa shape index (κ1) is 15.1. The van der Waals surface area contributed by atoms with Gasteiger partial charge in [0, 0.05) is 25.3 Å². The SMILES string of the molecule is Cc1nc(C)c(-c2ccnc(N3CCC(Nc4ncco4)C3)n2)s1. The summed E-state index contributed by atoms with van der Waals surface area (Å²) in [5.41, 5.74) is 1.96. The molecule has 0 spiro atoms. The molecule has 0 radical (unpaired) electrons. The van der Waals surface area contributed by atoms with Crippen molar-refractivity contribution in [2.24, 2.45) is 0 Å². The van der Waals surface area contributed by atoms with Gasteiger partial charge in [0.15, 0.2) is 0 Å². The first-order chi connectivity index (χ1) is 11.7. The molecule has 4 rings (SSSR count). The van der Waals surface area contributed by atoms with Crippen LogP contribution in [0, 0.1) is 13.8 Å². The van der Waals surface area contributed by atoms with Gasteiger partial charge in [-0.3, -0.25) is 0 Å². The molecule has 7 nitrogen and oxygen atoms in total. The third-order valence-corrected chi connectivity index (χ3v) is 5.11. The van der Waals surface area contributed by atoms with Crippen molar-refractivity contribution < 1.29 is 4.42 Å². The zero-order valence-electron chi connectivity index (χ0n) is 13.6. The molecule has 8 heteroatoms. The minimum atomic E-state index is 0.281. The maximum Gasteiger partial charge on any atom is 0.294 e. The molecule has 0 aromatic carbocycles. The Balaban J connectivity index is 1.51. The highest BCUT2D eigenvalue weighted by Crippen LogP contribution is 2.29. The van der Waals surface area contributed by atoms with E-state index in [0.717, 1.165) is 46.7 Å². The summed E-state index contributed by atoms with van der Waals surface area (Å²) in [7, 11) is 0. The van der Waals surface area contributed by atoms with Crippen LogP contribution in [0.15, 0.2) is 29.1 Å². The Bertz CT molecular complexity index is 831. The number of oxazole rings is 1. The molecule has 1 aliphatic rings. The number of hydrogen-bond donors (Lipinski definition) is 1. The molecule has 1 saturated heterocycles. The average Bonchev–Trinajstić information content (AvgIpc) is 3.30. The molecular weight excluding hydrogens is 324 g/mol. The van der Waals surface area contributed by atoms with E-state index in [0.29, 0.717) is 6.01 Å².